The van der Waals surface area contributed by atoms with Gasteiger partial charge in [-0.05, 0) is 51.3 Å². The topological polar surface area (TPSA) is 77.0 Å². The molecule has 1 fully saturated rings. The molecule has 0 saturated heterocycles. The molecule has 122 valence electrons. The van der Waals surface area contributed by atoms with Gasteiger partial charge in [-0.15, -0.1) is 0 Å². The molecule has 2 N–H and O–H groups in total. The van der Waals surface area contributed by atoms with Crippen molar-refractivity contribution in [2.75, 3.05) is 19.5 Å². The number of hydrogen-bond acceptors (Lipinski definition) is 5. The number of rotatable bonds is 4. The Morgan fingerprint density at radius 3 is 2.32 bits per heavy atom. The summed E-state index contributed by atoms with van der Waals surface area (Å²) < 4.78 is 15.9. The second-order valence-corrected chi connectivity index (χ2v) is 6.42. The van der Waals surface area contributed by atoms with E-state index < -0.39 is 17.3 Å². The van der Waals surface area contributed by atoms with E-state index in [1.165, 1.54) is 14.2 Å². The Hall–Kier alpha value is -1.95. The highest BCUT2D eigenvalue weighted by atomic mass is 16.6. The number of carbonyl (C=O) groups is 1. The molecule has 0 aromatic heterocycles. The fourth-order valence-electron chi connectivity index (χ4n) is 2.15. The van der Waals surface area contributed by atoms with Gasteiger partial charge in [-0.3, -0.25) is 5.32 Å². The average molecular weight is 309 g/mol. The van der Waals surface area contributed by atoms with Crippen LogP contribution in [0.5, 0.6) is 11.5 Å². The molecule has 1 amide bonds. The van der Waals surface area contributed by atoms with Crippen molar-refractivity contribution < 1.29 is 24.1 Å². The van der Waals surface area contributed by atoms with Crippen LogP contribution in [-0.2, 0) is 10.3 Å². The zero-order chi connectivity index (χ0) is 16.5. The molecule has 6 nitrogen and oxygen atoms in total. The first kappa shape index (κ1) is 16.4. The van der Waals surface area contributed by atoms with Crippen LogP contribution in [0.25, 0.3) is 0 Å². The van der Waals surface area contributed by atoms with Gasteiger partial charge in [0.25, 0.3) is 0 Å². The Bertz CT molecular complexity index is 573. The molecule has 1 aliphatic rings. The van der Waals surface area contributed by atoms with Gasteiger partial charge in [0.15, 0.2) is 11.5 Å². The van der Waals surface area contributed by atoms with Crippen LogP contribution in [0.2, 0.25) is 0 Å². The number of methoxy groups -OCH3 is 2. The molecule has 0 unspecified atom stereocenters. The summed E-state index contributed by atoms with van der Waals surface area (Å²) in [7, 11) is 3.00. The second-order valence-electron chi connectivity index (χ2n) is 6.42. The molecule has 1 saturated carbocycles. The van der Waals surface area contributed by atoms with Gasteiger partial charge in [-0.1, -0.05) is 0 Å². The van der Waals surface area contributed by atoms with Gasteiger partial charge in [0.05, 0.1) is 25.5 Å². The van der Waals surface area contributed by atoms with Crippen molar-refractivity contribution in [1.82, 2.24) is 0 Å². The molecular weight excluding hydrogens is 286 g/mol. The summed E-state index contributed by atoms with van der Waals surface area (Å²) in [6.07, 6.45) is 0.788. The highest BCUT2D eigenvalue weighted by molar-refractivity contribution is 5.88. The minimum absolute atomic E-state index is 0.390. The molecule has 1 aromatic carbocycles. The molecule has 6 heteroatoms. The zero-order valence-corrected chi connectivity index (χ0v) is 13.6. The van der Waals surface area contributed by atoms with E-state index in [2.05, 4.69) is 5.32 Å². The van der Waals surface area contributed by atoms with Crippen LogP contribution in [-0.4, -0.2) is 31.0 Å². The molecular formula is C16H23NO5. The monoisotopic (exact) mass is 309 g/mol. The van der Waals surface area contributed by atoms with Crippen molar-refractivity contribution in [3.63, 3.8) is 0 Å². The molecule has 0 bridgehead atoms. The fourth-order valence-corrected chi connectivity index (χ4v) is 2.15. The third-order valence-electron chi connectivity index (χ3n) is 3.38. The van der Waals surface area contributed by atoms with Crippen molar-refractivity contribution in [1.29, 1.82) is 0 Å². The highest BCUT2D eigenvalue weighted by Crippen LogP contribution is 2.49. The van der Waals surface area contributed by atoms with E-state index in [1.54, 1.807) is 32.9 Å². The third-order valence-corrected chi connectivity index (χ3v) is 3.38. The first-order chi connectivity index (χ1) is 10.2. The van der Waals surface area contributed by atoms with Crippen molar-refractivity contribution in [2.24, 2.45) is 0 Å². The van der Waals surface area contributed by atoms with Crippen LogP contribution < -0.4 is 14.8 Å². The van der Waals surface area contributed by atoms with E-state index in [0.29, 0.717) is 35.6 Å². The Morgan fingerprint density at radius 1 is 1.23 bits per heavy atom. The predicted molar refractivity (Wildman–Crippen MR) is 82.5 cm³/mol. The maximum Gasteiger partial charge on any atom is 0.412 e. The summed E-state index contributed by atoms with van der Waals surface area (Å²) in [6, 6.07) is 3.42. The zero-order valence-electron chi connectivity index (χ0n) is 13.6. The SMILES string of the molecule is COc1cc(C2(O)CC2)cc(NC(=O)OC(C)(C)C)c1OC. The maximum atomic E-state index is 12.0. The van der Waals surface area contributed by atoms with E-state index >= 15 is 0 Å². The summed E-state index contributed by atoms with van der Waals surface area (Å²) >= 11 is 0. The van der Waals surface area contributed by atoms with Crippen molar-refractivity contribution >= 4 is 11.8 Å². The van der Waals surface area contributed by atoms with Gasteiger partial charge in [0.2, 0.25) is 0 Å². The quantitative estimate of drug-likeness (QED) is 0.894. The molecule has 0 atom stereocenters. The number of amides is 1. The van der Waals surface area contributed by atoms with Crippen LogP contribution in [0.15, 0.2) is 12.1 Å². The number of anilines is 1. The largest absolute Gasteiger partial charge is 0.493 e. The summed E-state index contributed by atoms with van der Waals surface area (Å²) in [6.45, 7) is 5.36. The number of ether oxygens (including phenoxy) is 3. The van der Waals surface area contributed by atoms with Crippen molar-refractivity contribution in [3.8, 4) is 11.5 Å². The lowest BCUT2D eigenvalue weighted by Gasteiger charge is -2.21. The van der Waals surface area contributed by atoms with Gasteiger partial charge in [-0.25, -0.2) is 4.79 Å². The molecule has 22 heavy (non-hydrogen) atoms. The van der Waals surface area contributed by atoms with E-state index in [-0.39, 0.29) is 0 Å². The predicted octanol–water partition coefficient (Wildman–Crippen LogP) is 3.03. The number of aliphatic hydroxyl groups is 1. The lowest BCUT2D eigenvalue weighted by Crippen LogP contribution is -2.27. The van der Waals surface area contributed by atoms with Crippen LogP contribution in [0.1, 0.15) is 39.2 Å². The number of nitrogens with one attached hydrogen (secondary N) is 1. The molecule has 0 radical (unpaired) electrons. The molecule has 0 heterocycles. The van der Waals surface area contributed by atoms with E-state index in [1.807, 2.05) is 0 Å². The third kappa shape index (κ3) is 3.62. The van der Waals surface area contributed by atoms with Gasteiger partial charge >= 0.3 is 6.09 Å². The highest BCUT2D eigenvalue weighted by Gasteiger charge is 2.43. The van der Waals surface area contributed by atoms with Gasteiger partial charge < -0.3 is 19.3 Å². The second kappa shape index (κ2) is 5.68. The Morgan fingerprint density at radius 2 is 1.86 bits per heavy atom. The smallest absolute Gasteiger partial charge is 0.412 e. The standard InChI is InChI=1S/C16H23NO5/c1-15(2,3)22-14(18)17-11-8-10(16(19)6-7-16)9-12(20-4)13(11)21-5/h8-9,19H,6-7H2,1-5H3,(H,17,18). The van der Waals surface area contributed by atoms with E-state index in [9.17, 15) is 9.90 Å². The van der Waals surface area contributed by atoms with Crippen LogP contribution in [0.3, 0.4) is 0 Å². The summed E-state index contributed by atoms with van der Waals surface area (Å²) in [5.41, 5.74) is -0.347. The lowest BCUT2D eigenvalue weighted by molar-refractivity contribution is 0.0635. The normalized spacial score (nSPS) is 15.9. The molecule has 1 aromatic rings. The summed E-state index contributed by atoms with van der Waals surface area (Å²) in [5.74, 6) is 0.841. The first-order valence-corrected chi connectivity index (χ1v) is 7.17. The first-order valence-electron chi connectivity index (χ1n) is 7.17. The van der Waals surface area contributed by atoms with E-state index in [0.717, 1.165) is 0 Å². The van der Waals surface area contributed by atoms with Gasteiger partial charge in [0, 0.05) is 0 Å². The molecule has 2 rings (SSSR count). The molecule has 1 aliphatic carbocycles. The summed E-state index contributed by atoms with van der Waals surface area (Å²) in [5, 5.41) is 12.9. The maximum absolute atomic E-state index is 12.0. The van der Waals surface area contributed by atoms with Crippen LogP contribution >= 0.6 is 0 Å². The van der Waals surface area contributed by atoms with Gasteiger partial charge in [-0.2, -0.15) is 0 Å². The fraction of sp³-hybridized carbons (Fsp3) is 0.562. The van der Waals surface area contributed by atoms with Crippen molar-refractivity contribution in [2.45, 2.75) is 44.8 Å². The average Bonchev–Trinajstić information content (AvgIpc) is 3.14. The Balaban J connectivity index is 2.33. The van der Waals surface area contributed by atoms with E-state index in [4.69, 9.17) is 14.2 Å². The van der Waals surface area contributed by atoms with Crippen LogP contribution in [0.4, 0.5) is 10.5 Å². The molecule has 0 aliphatic heterocycles. The number of hydrogen-bond donors (Lipinski definition) is 2. The Labute approximate surface area is 130 Å². The minimum Gasteiger partial charge on any atom is -0.493 e. The minimum atomic E-state index is -0.843. The molecule has 0 spiro atoms. The number of carbonyl (C=O) groups excluding carboxylic acids is 1. The van der Waals surface area contributed by atoms with Crippen LogP contribution in [0, 0.1) is 0 Å². The lowest BCUT2D eigenvalue weighted by atomic mass is 10.1. The van der Waals surface area contributed by atoms with Gasteiger partial charge in [0.1, 0.15) is 5.60 Å². The summed E-state index contributed by atoms with van der Waals surface area (Å²) in [4.78, 5) is 12.0. The number of benzene rings is 1. The van der Waals surface area contributed by atoms with Crippen molar-refractivity contribution in [3.05, 3.63) is 17.7 Å². The Kier molecular flexibility index (Phi) is 4.24.